The smallest absolute Gasteiger partial charge is 0.309 e. The molecule has 0 saturated heterocycles. The van der Waals surface area contributed by atoms with E-state index in [1.165, 1.54) is 7.11 Å². The van der Waals surface area contributed by atoms with Crippen LogP contribution in [0.5, 0.6) is 0 Å². The fraction of sp³-hybridized carbons (Fsp3) is 0.263. The maximum absolute atomic E-state index is 13.2. The molecule has 1 saturated carbocycles. The Morgan fingerprint density at radius 3 is 2.79 bits per heavy atom. The SMILES string of the molecule is COC(=O)[C@H]1C[C@@]23Sc4ccccc4N2C(=O)c2ccccc2[C@@H]13. The first-order valence-electron chi connectivity index (χ1n) is 7.97. The van der Waals surface area contributed by atoms with Crippen molar-refractivity contribution in [2.45, 2.75) is 22.1 Å². The van der Waals surface area contributed by atoms with Crippen LogP contribution in [0.15, 0.2) is 53.4 Å². The second-order valence-corrected chi connectivity index (χ2v) is 7.80. The predicted octanol–water partition coefficient (Wildman–Crippen LogP) is 3.43. The third kappa shape index (κ3) is 1.51. The Hall–Kier alpha value is -2.27. The highest BCUT2D eigenvalue weighted by atomic mass is 32.2. The Bertz CT molecular complexity index is 896. The summed E-state index contributed by atoms with van der Waals surface area (Å²) in [5, 5.41) is 0. The number of benzene rings is 2. The summed E-state index contributed by atoms with van der Waals surface area (Å²) in [6.45, 7) is 0. The van der Waals surface area contributed by atoms with Crippen LogP contribution in [0.1, 0.15) is 28.3 Å². The van der Waals surface area contributed by atoms with Crippen molar-refractivity contribution in [3.05, 3.63) is 59.7 Å². The first kappa shape index (κ1) is 14.1. The molecule has 5 rings (SSSR count). The molecule has 0 unspecified atom stereocenters. The number of methoxy groups -OCH3 is 1. The topological polar surface area (TPSA) is 46.6 Å². The van der Waals surface area contributed by atoms with Gasteiger partial charge in [-0.15, -0.1) is 0 Å². The Morgan fingerprint density at radius 1 is 1.21 bits per heavy atom. The second-order valence-electron chi connectivity index (χ2n) is 6.45. The van der Waals surface area contributed by atoms with Crippen molar-refractivity contribution in [3.8, 4) is 0 Å². The number of para-hydroxylation sites is 1. The molecule has 2 aliphatic heterocycles. The van der Waals surface area contributed by atoms with Gasteiger partial charge in [-0.05, 0) is 30.2 Å². The molecule has 1 amide bonds. The molecule has 1 spiro atoms. The van der Waals surface area contributed by atoms with Crippen LogP contribution in [0.3, 0.4) is 0 Å². The molecule has 0 N–H and O–H groups in total. The summed E-state index contributed by atoms with van der Waals surface area (Å²) in [6.07, 6.45) is 0.629. The van der Waals surface area contributed by atoms with Crippen molar-refractivity contribution < 1.29 is 14.3 Å². The normalized spacial score (nSPS) is 29.0. The third-order valence-corrected chi connectivity index (χ3v) is 6.93. The fourth-order valence-electron chi connectivity index (χ4n) is 4.41. The Balaban J connectivity index is 1.73. The maximum Gasteiger partial charge on any atom is 0.309 e. The highest BCUT2D eigenvalue weighted by molar-refractivity contribution is 8.01. The summed E-state index contributed by atoms with van der Waals surface area (Å²) in [4.78, 5) is 28.1. The average molecular weight is 337 g/mol. The van der Waals surface area contributed by atoms with Gasteiger partial charge in [0.15, 0.2) is 0 Å². The van der Waals surface area contributed by atoms with Crippen LogP contribution in [0.2, 0.25) is 0 Å². The van der Waals surface area contributed by atoms with Crippen molar-refractivity contribution in [1.82, 2.24) is 0 Å². The number of amides is 1. The van der Waals surface area contributed by atoms with E-state index in [0.29, 0.717) is 12.0 Å². The number of carbonyl (C=O) groups is 2. The number of ether oxygens (including phenoxy) is 1. The lowest BCUT2D eigenvalue weighted by Gasteiger charge is -2.58. The zero-order chi connectivity index (χ0) is 16.5. The lowest BCUT2D eigenvalue weighted by Crippen LogP contribution is -2.65. The molecule has 120 valence electrons. The first-order valence-corrected chi connectivity index (χ1v) is 8.78. The molecule has 1 fully saturated rings. The molecule has 2 heterocycles. The van der Waals surface area contributed by atoms with E-state index in [2.05, 4.69) is 0 Å². The van der Waals surface area contributed by atoms with Gasteiger partial charge >= 0.3 is 5.97 Å². The van der Waals surface area contributed by atoms with Gasteiger partial charge in [-0.1, -0.05) is 42.1 Å². The summed E-state index contributed by atoms with van der Waals surface area (Å²) in [6, 6.07) is 15.6. The van der Waals surface area contributed by atoms with E-state index in [0.717, 1.165) is 16.1 Å². The summed E-state index contributed by atoms with van der Waals surface area (Å²) < 4.78 is 5.02. The Morgan fingerprint density at radius 2 is 1.96 bits per heavy atom. The van der Waals surface area contributed by atoms with Gasteiger partial charge in [-0.3, -0.25) is 14.5 Å². The summed E-state index contributed by atoms with van der Waals surface area (Å²) >= 11 is 1.71. The minimum absolute atomic E-state index is 0.0302. The van der Waals surface area contributed by atoms with Gasteiger partial charge in [0.05, 0.1) is 18.7 Å². The number of thioether (sulfide) groups is 1. The lowest BCUT2D eigenvalue weighted by molar-refractivity contribution is -0.150. The van der Waals surface area contributed by atoms with Gasteiger partial charge in [-0.2, -0.15) is 0 Å². The van der Waals surface area contributed by atoms with E-state index in [1.807, 2.05) is 53.4 Å². The molecule has 2 aromatic carbocycles. The Kier molecular flexibility index (Phi) is 2.72. The van der Waals surface area contributed by atoms with Crippen LogP contribution in [-0.2, 0) is 9.53 Å². The first-order chi connectivity index (χ1) is 11.7. The van der Waals surface area contributed by atoms with Crippen LogP contribution in [0.4, 0.5) is 5.69 Å². The van der Waals surface area contributed by atoms with E-state index < -0.39 is 4.87 Å². The van der Waals surface area contributed by atoms with Gasteiger partial charge in [0.1, 0.15) is 4.87 Å². The van der Waals surface area contributed by atoms with E-state index in [4.69, 9.17) is 4.74 Å². The quantitative estimate of drug-likeness (QED) is 0.748. The van der Waals surface area contributed by atoms with Crippen LogP contribution < -0.4 is 4.90 Å². The second kappa shape index (κ2) is 4.63. The number of hydrogen-bond donors (Lipinski definition) is 0. The lowest BCUT2D eigenvalue weighted by atomic mass is 9.61. The molecule has 2 aromatic rings. The largest absolute Gasteiger partial charge is 0.469 e. The van der Waals surface area contributed by atoms with E-state index in [1.54, 1.807) is 11.8 Å². The molecule has 4 nitrogen and oxygen atoms in total. The standard InChI is InChI=1S/C19H15NO3S/c1-23-18(22)13-10-19-16(13)11-6-2-3-7-12(11)17(21)20(19)14-8-4-5-9-15(14)24-19/h2-9,13,16H,10H2,1H3/t13-,16-,19-/m0/s1. The van der Waals surface area contributed by atoms with Gasteiger partial charge in [0, 0.05) is 16.4 Å². The minimum atomic E-state index is -0.395. The van der Waals surface area contributed by atoms with Gasteiger partial charge in [0.25, 0.3) is 5.91 Å². The van der Waals surface area contributed by atoms with Gasteiger partial charge in [-0.25, -0.2) is 0 Å². The van der Waals surface area contributed by atoms with Crippen molar-refractivity contribution in [3.63, 3.8) is 0 Å². The molecule has 1 aliphatic carbocycles. The fourth-order valence-corrected chi connectivity index (χ4v) is 6.16. The number of esters is 1. The zero-order valence-corrected chi connectivity index (χ0v) is 13.9. The third-order valence-electron chi connectivity index (χ3n) is 5.41. The van der Waals surface area contributed by atoms with Crippen molar-refractivity contribution in [1.29, 1.82) is 0 Å². The molecule has 0 bridgehead atoms. The van der Waals surface area contributed by atoms with Crippen molar-refractivity contribution in [2.24, 2.45) is 5.92 Å². The Labute approximate surface area is 143 Å². The van der Waals surface area contributed by atoms with Crippen molar-refractivity contribution in [2.75, 3.05) is 12.0 Å². The minimum Gasteiger partial charge on any atom is -0.469 e. The maximum atomic E-state index is 13.2. The number of carbonyl (C=O) groups excluding carboxylic acids is 2. The number of rotatable bonds is 1. The zero-order valence-electron chi connectivity index (χ0n) is 13.1. The van der Waals surface area contributed by atoms with Crippen molar-refractivity contribution >= 4 is 29.3 Å². The molecule has 0 aromatic heterocycles. The van der Waals surface area contributed by atoms with Crippen LogP contribution in [0, 0.1) is 5.92 Å². The molecule has 5 heteroatoms. The van der Waals surface area contributed by atoms with E-state index in [-0.39, 0.29) is 23.7 Å². The molecular formula is C19H15NO3S. The molecule has 3 atom stereocenters. The predicted molar refractivity (Wildman–Crippen MR) is 91.1 cm³/mol. The number of nitrogens with zero attached hydrogens (tertiary/aromatic N) is 1. The highest BCUT2D eigenvalue weighted by Gasteiger charge is 2.68. The number of anilines is 1. The molecule has 3 aliphatic rings. The van der Waals surface area contributed by atoms with Gasteiger partial charge < -0.3 is 4.74 Å². The number of fused-ring (bicyclic) bond motifs is 4. The monoisotopic (exact) mass is 337 g/mol. The molecule has 0 radical (unpaired) electrons. The molecular weight excluding hydrogens is 322 g/mol. The molecule has 24 heavy (non-hydrogen) atoms. The average Bonchev–Trinajstić information content (AvgIpc) is 2.95. The highest BCUT2D eigenvalue weighted by Crippen LogP contribution is 2.69. The van der Waals surface area contributed by atoms with E-state index >= 15 is 0 Å². The summed E-state index contributed by atoms with van der Waals surface area (Å²) in [5.41, 5.74) is 2.63. The van der Waals surface area contributed by atoms with Crippen LogP contribution >= 0.6 is 11.8 Å². The summed E-state index contributed by atoms with van der Waals surface area (Å²) in [7, 11) is 1.43. The summed E-state index contributed by atoms with van der Waals surface area (Å²) in [5.74, 6) is -0.390. The number of hydrogen-bond acceptors (Lipinski definition) is 4. The van der Waals surface area contributed by atoms with E-state index in [9.17, 15) is 9.59 Å². The van der Waals surface area contributed by atoms with Gasteiger partial charge in [0.2, 0.25) is 0 Å². The van der Waals surface area contributed by atoms with Crippen LogP contribution in [0.25, 0.3) is 0 Å². The van der Waals surface area contributed by atoms with Crippen LogP contribution in [-0.4, -0.2) is 23.9 Å².